The quantitative estimate of drug-likeness (QED) is 0.677. The van der Waals surface area contributed by atoms with Crippen LogP contribution >= 0.6 is 0 Å². The zero-order valence-electron chi connectivity index (χ0n) is 13.7. The largest absolute Gasteiger partial charge is 0.342 e. The molecule has 0 spiro atoms. The van der Waals surface area contributed by atoms with Crippen LogP contribution in [0.5, 0.6) is 0 Å². The molecule has 1 aliphatic carbocycles. The molecule has 24 heavy (non-hydrogen) atoms. The van der Waals surface area contributed by atoms with Gasteiger partial charge in [-0.1, -0.05) is 0 Å². The summed E-state index contributed by atoms with van der Waals surface area (Å²) in [7, 11) is 0. The molecule has 128 valence electrons. The van der Waals surface area contributed by atoms with Crippen LogP contribution in [0.1, 0.15) is 31.2 Å². The second-order valence-electron chi connectivity index (χ2n) is 6.65. The number of amides is 2. The average molecular weight is 331 g/mol. The van der Waals surface area contributed by atoms with Gasteiger partial charge in [-0.25, -0.2) is 0 Å². The minimum Gasteiger partial charge on any atom is -0.342 e. The Morgan fingerprint density at radius 2 is 2.00 bits per heavy atom. The SMILES string of the molecule is Cc1cc(NC(=O)[C@H]2CCCN(C(=O)C3CC3)C2)ccc1[N+](=O)[O-]. The lowest BCUT2D eigenvalue weighted by molar-refractivity contribution is -0.385. The molecule has 1 heterocycles. The number of anilines is 1. The molecule has 1 saturated carbocycles. The van der Waals surface area contributed by atoms with Gasteiger partial charge in [0.15, 0.2) is 0 Å². The van der Waals surface area contributed by atoms with Gasteiger partial charge >= 0.3 is 0 Å². The molecule has 1 aliphatic heterocycles. The molecule has 2 amide bonds. The lowest BCUT2D eigenvalue weighted by Gasteiger charge is -2.32. The Kier molecular flexibility index (Phi) is 4.51. The van der Waals surface area contributed by atoms with E-state index in [1.165, 1.54) is 6.07 Å². The fourth-order valence-electron chi connectivity index (χ4n) is 3.16. The van der Waals surface area contributed by atoms with Gasteiger partial charge in [0.1, 0.15) is 0 Å². The Hall–Kier alpha value is -2.44. The van der Waals surface area contributed by atoms with E-state index < -0.39 is 4.92 Å². The normalized spacial score (nSPS) is 20.5. The first-order chi connectivity index (χ1) is 11.5. The molecule has 1 N–H and O–H groups in total. The minimum atomic E-state index is -0.441. The molecule has 7 heteroatoms. The topological polar surface area (TPSA) is 92.6 Å². The third-order valence-corrected chi connectivity index (χ3v) is 4.69. The molecule has 2 aliphatic rings. The summed E-state index contributed by atoms with van der Waals surface area (Å²) in [5.41, 5.74) is 1.09. The number of carbonyl (C=O) groups is 2. The summed E-state index contributed by atoms with van der Waals surface area (Å²) in [6, 6.07) is 4.54. The second kappa shape index (κ2) is 6.59. The van der Waals surface area contributed by atoms with E-state index in [1.54, 1.807) is 19.1 Å². The summed E-state index contributed by atoms with van der Waals surface area (Å²) in [5.74, 6) is -0.00342. The molecule has 0 aromatic heterocycles. The van der Waals surface area contributed by atoms with Crippen LogP contribution in [-0.2, 0) is 9.59 Å². The second-order valence-corrected chi connectivity index (χ2v) is 6.65. The third kappa shape index (κ3) is 3.55. The first kappa shape index (κ1) is 16.4. The summed E-state index contributed by atoms with van der Waals surface area (Å²) < 4.78 is 0. The van der Waals surface area contributed by atoms with Crippen molar-refractivity contribution in [1.82, 2.24) is 4.90 Å². The number of aryl methyl sites for hydroxylation is 1. The van der Waals surface area contributed by atoms with E-state index in [0.717, 1.165) is 32.2 Å². The standard InChI is InChI=1S/C17H21N3O4/c1-11-9-14(6-7-15(11)20(23)24)18-16(21)13-3-2-8-19(10-13)17(22)12-4-5-12/h6-7,9,12-13H,2-5,8,10H2,1H3,(H,18,21)/t13-/m0/s1. The predicted molar refractivity (Wildman–Crippen MR) is 88.5 cm³/mol. The van der Waals surface area contributed by atoms with Crippen molar-refractivity contribution in [1.29, 1.82) is 0 Å². The fourth-order valence-corrected chi connectivity index (χ4v) is 3.16. The van der Waals surface area contributed by atoms with Crippen LogP contribution in [0.3, 0.4) is 0 Å². The van der Waals surface area contributed by atoms with Crippen molar-refractivity contribution in [2.45, 2.75) is 32.6 Å². The van der Waals surface area contributed by atoms with Crippen LogP contribution in [0.15, 0.2) is 18.2 Å². The maximum atomic E-state index is 12.5. The number of nitro benzene ring substituents is 1. The maximum absolute atomic E-state index is 12.5. The van der Waals surface area contributed by atoms with E-state index in [1.807, 2.05) is 4.90 Å². The first-order valence-corrected chi connectivity index (χ1v) is 8.30. The van der Waals surface area contributed by atoms with Gasteiger partial charge in [-0.3, -0.25) is 19.7 Å². The number of benzene rings is 1. The van der Waals surface area contributed by atoms with Gasteiger partial charge in [-0.05, 0) is 44.7 Å². The van der Waals surface area contributed by atoms with Gasteiger partial charge in [0.25, 0.3) is 5.69 Å². The zero-order chi connectivity index (χ0) is 17.3. The number of carbonyl (C=O) groups excluding carboxylic acids is 2. The number of piperidine rings is 1. The van der Waals surface area contributed by atoms with Gasteiger partial charge in [0.05, 0.1) is 10.8 Å². The molecule has 3 rings (SSSR count). The highest BCUT2D eigenvalue weighted by atomic mass is 16.6. The molecule has 2 fully saturated rings. The van der Waals surface area contributed by atoms with Crippen LogP contribution in [0.4, 0.5) is 11.4 Å². The molecular formula is C17H21N3O4. The first-order valence-electron chi connectivity index (χ1n) is 8.30. The van der Waals surface area contributed by atoms with E-state index in [0.29, 0.717) is 17.8 Å². The van der Waals surface area contributed by atoms with Crippen molar-refractivity contribution >= 4 is 23.2 Å². The molecule has 1 saturated heterocycles. The van der Waals surface area contributed by atoms with Crippen molar-refractivity contribution in [2.24, 2.45) is 11.8 Å². The molecule has 0 unspecified atom stereocenters. The molecule has 0 bridgehead atoms. The number of hydrogen-bond donors (Lipinski definition) is 1. The van der Waals surface area contributed by atoms with Crippen LogP contribution in [0.2, 0.25) is 0 Å². The zero-order valence-corrected chi connectivity index (χ0v) is 13.7. The van der Waals surface area contributed by atoms with Crippen LogP contribution < -0.4 is 5.32 Å². The Labute approximate surface area is 140 Å². The number of hydrogen-bond acceptors (Lipinski definition) is 4. The van der Waals surface area contributed by atoms with Crippen molar-refractivity contribution in [3.05, 3.63) is 33.9 Å². The predicted octanol–water partition coefficient (Wildman–Crippen LogP) is 2.49. The Morgan fingerprint density at radius 1 is 1.25 bits per heavy atom. The van der Waals surface area contributed by atoms with E-state index in [9.17, 15) is 19.7 Å². The molecule has 0 radical (unpaired) electrons. The molecule has 1 atom stereocenters. The third-order valence-electron chi connectivity index (χ3n) is 4.69. The summed E-state index contributed by atoms with van der Waals surface area (Å²) in [6.45, 7) is 2.84. The van der Waals surface area contributed by atoms with Crippen molar-refractivity contribution < 1.29 is 14.5 Å². The van der Waals surface area contributed by atoms with E-state index in [2.05, 4.69) is 5.32 Å². The highest BCUT2D eigenvalue weighted by Gasteiger charge is 2.36. The average Bonchev–Trinajstić information content (AvgIpc) is 3.39. The number of nitrogens with zero attached hydrogens (tertiary/aromatic N) is 2. The summed E-state index contributed by atoms with van der Waals surface area (Å²) in [6.07, 6.45) is 3.52. The Bertz CT molecular complexity index is 684. The number of nitro groups is 1. The number of likely N-dealkylation sites (tertiary alicyclic amines) is 1. The lowest BCUT2D eigenvalue weighted by atomic mass is 9.96. The minimum absolute atomic E-state index is 0.0341. The number of rotatable bonds is 4. The van der Waals surface area contributed by atoms with Gasteiger partial charge < -0.3 is 10.2 Å². The van der Waals surface area contributed by atoms with Gasteiger partial charge in [0.2, 0.25) is 11.8 Å². The highest BCUT2D eigenvalue weighted by Crippen LogP contribution is 2.32. The molecule has 7 nitrogen and oxygen atoms in total. The summed E-state index contributed by atoms with van der Waals surface area (Å²) >= 11 is 0. The molecular weight excluding hydrogens is 310 g/mol. The lowest BCUT2D eigenvalue weighted by Crippen LogP contribution is -2.44. The fraction of sp³-hybridized carbons (Fsp3) is 0.529. The highest BCUT2D eigenvalue weighted by molar-refractivity contribution is 5.93. The summed E-state index contributed by atoms with van der Waals surface area (Å²) in [5, 5.41) is 13.7. The number of nitrogens with one attached hydrogen (secondary N) is 1. The van der Waals surface area contributed by atoms with E-state index >= 15 is 0 Å². The van der Waals surface area contributed by atoms with Crippen LogP contribution in [0.25, 0.3) is 0 Å². The van der Waals surface area contributed by atoms with E-state index in [-0.39, 0.29) is 29.3 Å². The summed E-state index contributed by atoms with van der Waals surface area (Å²) in [4.78, 5) is 36.8. The van der Waals surface area contributed by atoms with Gasteiger partial charge in [0, 0.05) is 36.3 Å². The van der Waals surface area contributed by atoms with Crippen LogP contribution in [0, 0.1) is 28.9 Å². The van der Waals surface area contributed by atoms with Crippen LogP contribution in [-0.4, -0.2) is 34.7 Å². The van der Waals surface area contributed by atoms with E-state index in [4.69, 9.17) is 0 Å². The Morgan fingerprint density at radius 3 is 2.62 bits per heavy atom. The van der Waals surface area contributed by atoms with Gasteiger partial charge in [-0.15, -0.1) is 0 Å². The monoisotopic (exact) mass is 331 g/mol. The smallest absolute Gasteiger partial charge is 0.272 e. The maximum Gasteiger partial charge on any atom is 0.272 e. The molecule has 1 aromatic rings. The molecule has 1 aromatic carbocycles. The van der Waals surface area contributed by atoms with Gasteiger partial charge in [-0.2, -0.15) is 0 Å². The van der Waals surface area contributed by atoms with Crippen molar-refractivity contribution in [3.8, 4) is 0 Å². The van der Waals surface area contributed by atoms with Crippen molar-refractivity contribution in [2.75, 3.05) is 18.4 Å². The van der Waals surface area contributed by atoms with Crippen molar-refractivity contribution in [3.63, 3.8) is 0 Å². The Balaban J connectivity index is 1.62.